The second-order valence-corrected chi connectivity index (χ2v) is 5.87. The van der Waals surface area contributed by atoms with Crippen LogP contribution in [-0.4, -0.2) is 23.9 Å². The standard InChI is InChI=1S/C14H17BrFNO/c1-10-3-2-6-17(9-10)14(18)8-11-4-5-12(15)13(16)7-11/h4-5,7,10H,2-3,6,8-9H2,1H3. The van der Waals surface area contributed by atoms with Crippen molar-refractivity contribution in [3.05, 3.63) is 34.1 Å². The molecule has 1 aromatic rings. The number of hydrogen-bond acceptors (Lipinski definition) is 1. The number of piperidine rings is 1. The molecule has 4 heteroatoms. The van der Waals surface area contributed by atoms with Crippen LogP contribution in [0.15, 0.2) is 22.7 Å². The van der Waals surface area contributed by atoms with Gasteiger partial charge in [-0.05, 0) is 52.4 Å². The largest absolute Gasteiger partial charge is 0.342 e. The SMILES string of the molecule is CC1CCCN(C(=O)Cc2ccc(Br)c(F)c2)C1. The Bertz CT molecular complexity index is 449. The molecule has 0 N–H and O–H groups in total. The molecule has 98 valence electrons. The molecule has 1 aliphatic rings. The monoisotopic (exact) mass is 313 g/mol. The van der Waals surface area contributed by atoms with Gasteiger partial charge in [-0.1, -0.05) is 13.0 Å². The molecule has 1 heterocycles. The highest BCUT2D eigenvalue weighted by Crippen LogP contribution is 2.19. The molecule has 1 aromatic carbocycles. The van der Waals surface area contributed by atoms with E-state index in [1.54, 1.807) is 12.1 Å². The molecule has 0 bridgehead atoms. The van der Waals surface area contributed by atoms with Gasteiger partial charge in [0.1, 0.15) is 5.82 Å². The van der Waals surface area contributed by atoms with Crippen LogP contribution in [0, 0.1) is 11.7 Å². The summed E-state index contributed by atoms with van der Waals surface area (Å²) in [4.78, 5) is 14.0. The third kappa shape index (κ3) is 3.31. The third-order valence-corrected chi connectivity index (χ3v) is 3.99. The van der Waals surface area contributed by atoms with Crippen LogP contribution in [0.2, 0.25) is 0 Å². The van der Waals surface area contributed by atoms with Crippen LogP contribution >= 0.6 is 15.9 Å². The highest BCUT2D eigenvalue weighted by molar-refractivity contribution is 9.10. The quantitative estimate of drug-likeness (QED) is 0.819. The average Bonchev–Trinajstić information content (AvgIpc) is 2.34. The van der Waals surface area contributed by atoms with Gasteiger partial charge in [0.15, 0.2) is 0 Å². The number of likely N-dealkylation sites (tertiary alicyclic amines) is 1. The van der Waals surface area contributed by atoms with Gasteiger partial charge in [0.05, 0.1) is 10.9 Å². The van der Waals surface area contributed by atoms with Crippen molar-refractivity contribution < 1.29 is 9.18 Å². The van der Waals surface area contributed by atoms with Gasteiger partial charge in [0.2, 0.25) is 5.91 Å². The van der Waals surface area contributed by atoms with Crippen LogP contribution < -0.4 is 0 Å². The van der Waals surface area contributed by atoms with E-state index < -0.39 is 0 Å². The summed E-state index contributed by atoms with van der Waals surface area (Å²) in [5.41, 5.74) is 0.735. The number of carbonyl (C=O) groups excluding carboxylic acids is 1. The summed E-state index contributed by atoms with van der Waals surface area (Å²) >= 11 is 3.11. The Kier molecular flexibility index (Phi) is 4.38. The summed E-state index contributed by atoms with van der Waals surface area (Å²) in [7, 11) is 0. The molecule has 2 nitrogen and oxygen atoms in total. The van der Waals surface area contributed by atoms with Crippen LogP contribution in [0.3, 0.4) is 0 Å². The van der Waals surface area contributed by atoms with E-state index in [4.69, 9.17) is 0 Å². The zero-order valence-corrected chi connectivity index (χ0v) is 12.0. The molecule has 0 saturated carbocycles. The van der Waals surface area contributed by atoms with Gasteiger partial charge in [-0.3, -0.25) is 4.79 Å². The van der Waals surface area contributed by atoms with E-state index in [2.05, 4.69) is 22.9 Å². The second kappa shape index (κ2) is 5.83. The van der Waals surface area contributed by atoms with E-state index in [9.17, 15) is 9.18 Å². The lowest BCUT2D eigenvalue weighted by Gasteiger charge is -2.31. The van der Waals surface area contributed by atoms with E-state index in [1.165, 1.54) is 12.5 Å². The maximum atomic E-state index is 13.4. The zero-order chi connectivity index (χ0) is 13.1. The van der Waals surface area contributed by atoms with Crippen molar-refractivity contribution >= 4 is 21.8 Å². The molecule has 1 atom stereocenters. The van der Waals surface area contributed by atoms with Gasteiger partial charge in [-0.2, -0.15) is 0 Å². The zero-order valence-electron chi connectivity index (χ0n) is 10.5. The van der Waals surface area contributed by atoms with E-state index in [0.29, 0.717) is 10.4 Å². The fraction of sp³-hybridized carbons (Fsp3) is 0.500. The molecule has 1 aliphatic heterocycles. The highest BCUT2D eigenvalue weighted by Gasteiger charge is 2.21. The molecule has 0 spiro atoms. The van der Waals surface area contributed by atoms with Crippen molar-refractivity contribution in [2.75, 3.05) is 13.1 Å². The van der Waals surface area contributed by atoms with Crippen LogP contribution in [0.1, 0.15) is 25.3 Å². The molecular formula is C14H17BrFNO. The lowest BCUT2D eigenvalue weighted by molar-refractivity contribution is -0.132. The fourth-order valence-electron chi connectivity index (χ4n) is 2.35. The topological polar surface area (TPSA) is 20.3 Å². The number of amides is 1. The number of hydrogen-bond donors (Lipinski definition) is 0. The first-order valence-electron chi connectivity index (χ1n) is 6.28. The number of benzene rings is 1. The second-order valence-electron chi connectivity index (χ2n) is 5.01. The van der Waals surface area contributed by atoms with Gasteiger partial charge in [-0.15, -0.1) is 0 Å². The van der Waals surface area contributed by atoms with Crippen molar-refractivity contribution in [3.63, 3.8) is 0 Å². The van der Waals surface area contributed by atoms with Crippen molar-refractivity contribution in [1.82, 2.24) is 4.90 Å². The van der Waals surface area contributed by atoms with Gasteiger partial charge in [-0.25, -0.2) is 4.39 Å². The Morgan fingerprint density at radius 1 is 1.56 bits per heavy atom. The first kappa shape index (κ1) is 13.5. The number of rotatable bonds is 2. The molecule has 2 rings (SSSR count). The summed E-state index contributed by atoms with van der Waals surface area (Å²) in [6.07, 6.45) is 2.55. The molecule has 1 amide bonds. The van der Waals surface area contributed by atoms with Gasteiger partial charge >= 0.3 is 0 Å². The summed E-state index contributed by atoms with van der Waals surface area (Å²) in [6, 6.07) is 4.87. The van der Waals surface area contributed by atoms with Crippen molar-refractivity contribution in [3.8, 4) is 0 Å². The lowest BCUT2D eigenvalue weighted by atomic mass is 9.99. The Morgan fingerprint density at radius 3 is 3.00 bits per heavy atom. The minimum atomic E-state index is -0.313. The lowest BCUT2D eigenvalue weighted by Crippen LogP contribution is -2.39. The molecule has 1 saturated heterocycles. The minimum Gasteiger partial charge on any atom is -0.342 e. The molecule has 18 heavy (non-hydrogen) atoms. The number of halogens is 2. The Balaban J connectivity index is 2.00. The smallest absolute Gasteiger partial charge is 0.227 e. The van der Waals surface area contributed by atoms with E-state index in [1.807, 2.05) is 4.90 Å². The fourth-order valence-corrected chi connectivity index (χ4v) is 2.60. The van der Waals surface area contributed by atoms with Crippen LogP contribution in [0.5, 0.6) is 0 Å². The van der Waals surface area contributed by atoms with Gasteiger partial charge < -0.3 is 4.90 Å². The van der Waals surface area contributed by atoms with Crippen LogP contribution in [0.25, 0.3) is 0 Å². The first-order valence-corrected chi connectivity index (χ1v) is 7.07. The van der Waals surface area contributed by atoms with E-state index in [0.717, 1.165) is 25.1 Å². The van der Waals surface area contributed by atoms with Crippen molar-refractivity contribution in [2.24, 2.45) is 5.92 Å². The average molecular weight is 314 g/mol. The normalized spacial score (nSPS) is 19.9. The Morgan fingerprint density at radius 2 is 2.33 bits per heavy atom. The third-order valence-electron chi connectivity index (χ3n) is 3.35. The Labute approximate surface area is 115 Å². The summed E-state index contributed by atoms with van der Waals surface area (Å²) in [5, 5.41) is 0. The van der Waals surface area contributed by atoms with Crippen LogP contribution in [-0.2, 0) is 11.2 Å². The molecular weight excluding hydrogens is 297 g/mol. The molecule has 1 unspecified atom stereocenters. The molecule has 0 radical (unpaired) electrons. The maximum absolute atomic E-state index is 13.4. The number of nitrogens with zero attached hydrogens (tertiary/aromatic N) is 1. The summed E-state index contributed by atoms with van der Waals surface area (Å²) in [5.74, 6) is 0.361. The number of carbonyl (C=O) groups is 1. The molecule has 1 fully saturated rings. The van der Waals surface area contributed by atoms with Gasteiger partial charge in [0, 0.05) is 13.1 Å². The minimum absolute atomic E-state index is 0.100. The predicted octanol–water partition coefficient (Wildman–Crippen LogP) is 3.39. The van der Waals surface area contributed by atoms with Gasteiger partial charge in [0.25, 0.3) is 0 Å². The molecule has 0 aliphatic carbocycles. The van der Waals surface area contributed by atoms with Crippen molar-refractivity contribution in [2.45, 2.75) is 26.2 Å². The predicted molar refractivity (Wildman–Crippen MR) is 72.8 cm³/mol. The van der Waals surface area contributed by atoms with Crippen molar-refractivity contribution in [1.29, 1.82) is 0 Å². The summed E-state index contributed by atoms with van der Waals surface area (Å²) < 4.78 is 13.8. The van der Waals surface area contributed by atoms with Crippen LogP contribution in [0.4, 0.5) is 4.39 Å². The van der Waals surface area contributed by atoms with E-state index in [-0.39, 0.29) is 18.1 Å². The summed E-state index contributed by atoms with van der Waals surface area (Å²) in [6.45, 7) is 3.83. The van der Waals surface area contributed by atoms with E-state index >= 15 is 0 Å². The maximum Gasteiger partial charge on any atom is 0.227 e. The first-order chi connectivity index (χ1) is 8.56. The Hall–Kier alpha value is -0.900. The highest BCUT2D eigenvalue weighted by atomic mass is 79.9. The molecule has 0 aromatic heterocycles.